The Morgan fingerprint density at radius 2 is 1.41 bits per heavy atom. The maximum atomic E-state index is 5.85. The van der Waals surface area contributed by atoms with Crippen LogP contribution in [0.3, 0.4) is 0 Å². The van der Waals surface area contributed by atoms with Gasteiger partial charge in [-0.15, -0.1) is 0 Å². The van der Waals surface area contributed by atoms with Crippen LogP contribution < -0.4 is 5.73 Å². The summed E-state index contributed by atoms with van der Waals surface area (Å²) >= 11 is 0. The third-order valence-electron chi connectivity index (χ3n) is 3.63. The van der Waals surface area contributed by atoms with Gasteiger partial charge in [-0.05, 0) is 19.8 Å². The van der Waals surface area contributed by atoms with Crippen LogP contribution in [0.2, 0.25) is 0 Å². The highest BCUT2D eigenvalue weighted by Crippen LogP contribution is 2.14. The zero-order chi connectivity index (χ0) is 13.0. The number of ether oxygens (including phenoxy) is 1. The summed E-state index contributed by atoms with van der Waals surface area (Å²) < 4.78 is 5.85. The minimum absolute atomic E-state index is 0.0961. The molecule has 0 bridgehead atoms. The highest BCUT2D eigenvalue weighted by Gasteiger charge is 2.19. The largest absolute Gasteiger partial charge is 0.374 e. The van der Waals surface area contributed by atoms with Gasteiger partial charge in [0.15, 0.2) is 0 Å². The van der Waals surface area contributed by atoms with Gasteiger partial charge >= 0.3 is 0 Å². The van der Waals surface area contributed by atoms with Crippen molar-refractivity contribution in [3.05, 3.63) is 0 Å². The average Bonchev–Trinajstić information content (AvgIpc) is 2.36. The van der Waals surface area contributed by atoms with Crippen LogP contribution in [0, 0.1) is 0 Å². The van der Waals surface area contributed by atoms with Crippen LogP contribution in [-0.4, -0.2) is 18.8 Å². The molecule has 0 saturated heterocycles. The van der Waals surface area contributed by atoms with E-state index in [0.717, 1.165) is 13.0 Å². The predicted octanol–water partition coefficient (Wildman–Crippen LogP) is 4.27. The van der Waals surface area contributed by atoms with E-state index < -0.39 is 0 Å². The fourth-order valence-electron chi connectivity index (χ4n) is 1.86. The molecule has 0 aliphatic carbocycles. The topological polar surface area (TPSA) is 35.2 Å². The van der Waals surface area contributed by atoms with Gasteiger partial charge in [0.25, 0.3) is 0 Å². The molecule has 0 aliphatic rings. The van der Waals surface area contributed by atoms with Crippen LogP contribution in [0.5, 0.6) is 0 Å². The molecule has 2 nitrogen and oxygen atoms in total. The van der Waals surface area contributed by atoms with E-state index in [1.54, 1.807) is 0 Å². The molecule has 0 spiro atoms. The van der Waals surface area contributed by atoms with Crippen molar-refractivity contribution in [2.24, 2.45) is 5.73 Å². The molecule has 0 radical (unpaired) electrons. The van der Waals surface area contributed by atoms with E-state index in [1.165, 1.54) is 51.4 Å². The van der Waals surface area contributed by atoms with Gasteiger partial charge < -0.3 is 10.5 Å². The molecule has 0 aromatic rings. The number of rotatable bonds is 12. The van der Waals surface area contributed by atoms with Crippen molar-refractivity contribution in [1.29, 1.82) is 0 Å². The van der Waals surface area contributed by atoms with E-state index >= 15 is 0 Å². The number of nitrogens with two attached hydrogens (primary N) is 1. The van der Waals surface area contributed by atoms with Gasteiger partial charge in [0.2, 0.25) is 0 Å². The Morgan fingerprint density at radius 1 is 0.882 bits per heavy atom. The van der Waals surface area contributed by atoms with Crippen LogP contribution in [0.25, 0.3) is 0 Å². The summed E-state index contributed by atoms with van der Waals surface area (Å²) in [6.45, 7) is 8.01. The van der Waals surface area contributed by atoms with Crippen LogP contribution in [0.15, 0.2) is 0 Å². The molecule has 104 valence electrons. The molecule has 0 saturated carbocycles. The molecule has 17 heavy (non-hydrogen) atoms. The SMILES string of the molecule is CCCCCCCCCCOC(C)(CC)CN. The summed E-state index contributed by atoms with van der Waals surface area (Å²) in [6.07, 6.45) is 11.8. The molecule has 2 N–H and O–H groups in total. The lowest BCUT2D eigenvalue weighted by atomic mass is 10.0. The lowest BCUT2D eigenvalue weighted by Crippen LogP contribution is -2.37. The predicted molar refractivity (Wildman–Crippen MR) is 76.3 cm³/mol. The second kappa shape index (κ2) is 11.0. The van der Waals surface area contributed by atoms with Crippen molar-refractivity contribution < 1.29 is 4.74 Å². The minimum Gasteiger partial charge on any atom is -0.374 e. The molecule has 0 fully saturated rings. The third kappa shape index (κ3) is 9.61. The maximum Gasteiger partial charge on any atom is 0.0773 e. The third-order valence-corrected chi connectivity index (χ3v) is 3.63. The second-order valence-electron chi connectivity index (χ2n) is 5.33. The summed E-state index contributed by atoms with van der Waals surface area (Å²) in [7, 11) is 0. The smallest absolute Gasteiger partial charge is 0.0773 e. The Labute approximate surface area is 108 Å². The van der Waals surface area contributed by atoms with E-state index in [9.17, 15) is 0 Å². The van der Waals surface area contributed by atoms with E-state index in [1.807, 2.05) is 0 Å². The molecule has 1 unspecified atom stereocenters. The quantitative estimate of drug-likeness (QED) is 0.519. The normalized spacial score (nSPS) is 14.8. The molecule has 0 rings (SSSR count). The molecule has 0 aromatic heterocycles. The molecule has 0 heterocycles. The Hall–Kier alpha value is -0.0800. The van der Waals surface area contributed by atoms with Crippen LogP contribution in [-0.2, 0) is 4.74 Å². The van der Waals surface area contributed by atoms with E-state index in [4.69, 9.17) is 10.5 Å². The molecule has 0 amide bonds. The Bertz CT molecular complexity index is 155. The highest BCUT2D eigenvalue weighted by atomic mass is 16.5. The number of hydrogen-bond donors (Lipinski definition) is 1. The summed E-state index contributed by atoms with van der Waals surface area (Å²) in [6, 6.07) is 0. The fourth-order valence-corrected chi connectivity index (χ4v) is 1.86. The summed E-state index contributed by atoms with van der Waals surface area (Å²) in [5.74, 6) is 0. The average molecular weight is 243 g/mol. The van der Waals surface area contributed by atoms with E-state index in [-0.39, 0.29) is 5.60 Å². The molecule has 0 aromatic carbocycles. The van der Waals surface area contributed by atoms with Gasteiger partial charge in [0.1, 0.15) is 0 Å². The van der Waals surface area contributed by atoms with Crippen LogP contribution >= 0.6 is 0 Å². The molecular formula is C15H33NO. The van der Waals surface area contributed by atoms with E-state index in [2.05, 4.69) is 20.8 Å². The van der Waals surface area contributed by atoms with Gasteiger partial charge in [0, 0.05) is 13.2 Å². The Morgan fingerprint density at radius 3 is 1.88 bits per heavy atom. The highest BCUT2D eigenvalue weighted by molar-refractivity contribution is 4.73. The zero-order valence-corrected chi connectivity index (χ0v) is 12.3. The fraction of sp³-hybridized carbons (Fsp3) is 1.00. The molecule has 2 heteroatoms. The van der Waals surface area contributed by atoms with Gasteiger partial charge in [-0.1, -0.05) is 58.8 Å². The minimum atomic E-state index is -0.0961. The van der Waals surface area contributed by atoms with Gasteiger partial charge in [0.05, 0.1) is 5.60 Å². The Balaban J connectivity index is 3.23. The zero-order valence-electron chi connectivity index (χ0n) is 12.3. The first-order valence-electron chi connectivity index (χ1n) is 7.52. The maximum absolute atomic E-state index is 5.85. The van der Waals surface area contributed by atoms with Crippen molar-refractivity contribution in [3.63, 3.8) is 0 Å². The van der Waals surface area contributed by atoms with Crippen molar-refractivity contribution in [1.82, 2.24) is 0 Å². The summed E-state index contributed by atoms with van der Waals surface area (Å²) in [5.41, 5.74) is 5.61. The lowest BCUT2D eigenvalue weighted by Gasteiger charge is -2.26. The first kappa shape index (κ1) is 16.9. The summed E-state index contributed by atoms with van der Waals surface area (Å²) in [4.78, 5) is 0. The van der Waals surface area contributed by atoms with Crippen molar-refractivity contribution in [3.8, 4) is 0 Å². The van der Waals surface area contributed by atoms with Crippen molar-refractivity contribution >= 4 is 0 Å². The van der Waals surface area contributed by atoms with Crippen LogP contribution in [0.4, 0.5) is 0 Å². The molecule has 0 aliphatic heterocycles. The molecular weight excluding hydrogens is 210 g/mol. The van der Waals surface area contributed by atoms with Crippen LogP contribution in [0.1, 0.15) is 78.6 Å². The van der Waals surface area contributed by atoms with Gasteiger partial charge in [-0.25, -0.2) is 0 Å². The van der Waals surface area contributed by atoms with Crippen molar-refractivity contribution in [2.45, 2.75) is 84.2 Å². The van der Waals surface area contributed by atoms with Crippen molar-refractivity contribution in [2.75, 3.05) is 13.2 Å². The standard InChI is InChI=1S/C15H33NO/c1-4-6-7-8-9-10-11-12-13-17-15(3,5-2)14-16/h4-14,16H2,1-3H3. The molecule has 1 atom stereocenters. The number of hydrogen-bond acceptors (Lipinski definition) is 2. The summed E-state index contributed by atoms with van der Waals surface area (Å²) in [5, 5.41) is 0. The Kier molecular flexibility index (Phi) is 11.0. The van der Waals surface area contributed by atoms with Gasteiger partial charge in [-0.3, -0.25) is 0 Å². The number of unbranched alkanes of at least 4 members (excludes halogenated alkanes) is 7. The lowest BCUT2D eigenvalue weighted by molar-refractivity contribution is -0.0290. The van der Waals surface area contributed by atoms with E-state index in [0.29, 0.717) is 6.54 Å². The second-order valence-corrected chi connectivity index (χ2v) is 5.33. The first-order chi connectivity index (χ1) is 8.18. The first-order valence-corrected chi connectivity index (χ1v) is 7.52. The monoisotopic (exact) mass is 243 g/mol. The van der Waals surface area contributed by atoms with Gasteiger partial charge in [-0.2, -0.15) is 0 Å².